The van der Waals surface area contributed by atoms with Gasteiger partial charge in [0.15, 0.2) is 0 Å². The molecule has 1 N–H and O–H groups in total. The van der Waals surface area contributed by atoms with Crippen molar-refractivity contribution in [2.24, 2.45) is 0 Å². The first-order chi connectivity index (χ1) is 8.85. The number of hydrogen-bond donors (Lipinski definition) is 1. The molecule has 0 aromatic carbocycles. The van der Waals surface area contributed by atoms with Crippen molar-refractivity contribution in [1.29, 1.82) is 0 Å². The zero-order chi connectivity index (χ0) is 14.0. The van der Waals surface area contributed by atoms with E-state index in [1.807, 2.05) is 33.9 Å². The standard InChI is InChI=1S/C14H24N4O/c1-11-12(2)16-13(9-15-11)18-7-5-17(6-8-18)10-14(3,4)19/h9,19H,5-8,10H2,1-4H3. The van der Waals surface area contributed by atoms with Crippen LogP contribution < -0.4 is 4.90 Å². The molecule has 0 amide bonds. The fourth-order valence-corrected chi connectivity index (χ4v) is 2.36. The Bertz CT molecular complexity index is 434. The molecule has 0 spiro atoms. The Morgan fingerprint density at radius 2 is 1.79 bits per heavy atom. The Morgan fingerprint density at radius 1 is 1.16 bits per heavy atom. The second-order valence-corrected chi connectivity index (χ2v) is 5.97. The van der Waals surface area contributed by atoms with Crippen molar-refractivity contribution in [3.63, 3.8) is 0 Å². The molecular formula is C14H24N4O. The molecule has 1 aromatic rings. The molecule has 1 aliphatic rings. The van der Waals surface area contributed by atoms with Crippen LogP contribution in [0.1, 0.15) is 25.2 Å². The highest BCUT2D eigenvalue weighted by atomic mass is 16.3. The SMILES string of the molecule is Cc1ncc(N2CCN(CC(C)(C)O)CC2)nc1C. The molecule has 106 valence electrons. The van der Waals surface area contributed by atoms with E-state index in [4.69, 9.17) is 0 Å². The zero-order valence-corrected chi connectivity index (χ0v) is 12.3. The summed E-state index contributed by atoms with van der Waals surface area (Å²) in [5, 5.41) is 9.84. The number of β-amino-alcohol motifs (C(OH)–C–C–N with tert-alkyl or cyclic N) is 1. The molecule has 1 aliphatic heterocycles. The number of hydrogen-bond acceptors (Lipinski definition) is 5. The molecule has 1 fully saturated rings. The average Bonchev–Trinajstić information content (AvgIpc) is 2.32. The van der Waals surface area contributed by atoms with Crippen molar-refractivity contribution in [1.82, 2.24) is 14.9 Å². The number of rotatable bonds is 3. The second-order valence-electron chi connectivity index (χ2n) is 5.97. The van der Waals surface area contributed by atoms with Gasteiger partial charge in [0.1, 0.15) is 5.82 Å². The minimum Gasteiger partial charge on any atom is -0.389 e. The van der Waals surface area contributed by atoms with E-state index >= 15 is 0 Å². The summed E-state index contributed by atoms with van der Waals surface area (Å²) in [6.45, 7) is 12.2. The summed E-state index contributed by atoms with van der Waals surface area (Å²) in [5.74, 6) is 0.964. The number of nitrogens with zero attached hydrogens (tertiary/aromatic N) is 4. The minimum atomic E-state index is -0.623. The summed E-state index contributed by atoms with van der Waals surface area (Å²) in [5.41, 5.74) is 1.36. The van der Waals surface area contributed by atoms with Crippen LogP contribution in [0.2, 0.25) is 0 Å². The number of piperazine rings is 1. The monoisotopic (exact) mass is 264 g/mol. The molecule has 0 atom stereocenters. The van der Waals surface area contributed by atoms with Gasteiger partial charge in [0.25, 0.3) is 0 Å². The highest BCUT2D eigenvalue weighted by molar-refractivity contribution is 5.38. The van der Waals surface area contributed by atoms with Crippen LogP contribution in [0, 0.1) is 13.8 Å². The summed E-state index contributed by atoms with van der Waals surface area (Å²) >= 11 is 0. The van der Waals surface area contributed by atoms with Gasteiger partial charge in [0.05, 0.1) is 23.2 Å². The first-order valence-corrected chi connectivity index (χ1v) is 6.85. The van der Waals surface area contributed by atoms with Crippen LogP contribution >= 0.6 is 0 Å². The van der Waals surface area contributed by atoms with E-state index in [0.717, 1.165) is 49.9 Å². The molecule has 1 saturated heterocycles. The lowest BCUT2D eigenvalue weighted by Gasteiger charge is -2.37. The predicted octanol–water partition coefficient (Wildman–Crippen LogP) is 0.986. The van der Waals surface area contributed by atoms with Crippen molar-refractivity contribution in [3.8, 4) is 0 Å². The number of aryl methyl sites for hydroxylation is 2. The molecule has 1 aromatic heterocycles. The van der Waals surface area contributed by atoms with Gasteiger partial charge in [-0.3, -0.25) is 9.88 Å². The average molecular weight is 264 g/mol. The Labute approximate surface area is 115 Å². The van der Waals surface area contributed by atoms with Gasteiger partial charge in [0.2, 0.25) is 0 Å². The van der Waals surface area contributed by atoms with Gasteiger partial charge in [-0.2, -0.15) is 0 Å². The van der Waals surface area contributed by atoms with Crippen molar-refractivity contribution < 1.29 is 5.11 Å². The first kappa shape index (κ1) is 14.2. The Hall–Kier alpha value is -1.20. The summed E-state index contributed by atoms with van der Waals surface area (Å²) in [6.07, 6.45) is 1.86. The fraction of sp³-hybridized carbons (Fsp3) is 0.714. The molecule has 0 bridgehead atoms. The molecule has 0 radical (unpaired) electrons. The van der Waals surface area contributed by atoms with Gasteiger partial charge in [-0.1, -0.05) is 0 Å². The molecule has 5 heteroatoms. The lowest BCUT2D eigenvalue weighted by Crippen LogP contribution is -2.50. The van der Waals surface area contributed by atoms with Crippen molar-refractivity contribution in [3.05, 3.63) is 17.6 Å². The molecular weight excluding hydrogens is 240 g/mol. The third-order valence-electron chi connectivity index (χ3n) is 3.49. The van der Waals surface area contributed by atoms with Gasteiger partial charge in [0, 0.05) is 32.7 Å². The zero-order valence-electron chi connectivity index (χ0n) is 12.3. The molecule has 2 rings (SSSR count). The third-order valence-corrected chi connectivity index (χ3v) is 3.49. The van der Waals surface area contributed by atoms with Crippen LogP contribution in [0.4, 0.5) is 5.82 Å². The van der Waals surface area contributed by atoms with E-state index in [0.29, 0.717) is 0 Å². The van der Waals surface area contributed by atoms with E-state index in [1.54, 1.807) is 0 Å². The largest absolute Gasteiger partial charge is 0.389 e. The first-order valence-electron chi connectivity index (χ1n) is 6.85. The van der Waals surface area contributed by atoms with E-state index < -0.39 is 5.60 Å². The van der Waals surface area contributed by atoms with Gasteiger partial charge in [-0.25, -0.2) is 4.98 Å². The van der Waals surface area contributed by atoms with E-state index in [9.17, 15) is 5.11 Å². The highest BCUT2D eigenvalue weighted by Gasteiger charge is 2.23. The Kier molecular flexibility index (Phi) is 4.06. The van der Waals surface area contributed by atoms with Crippen molar-refractivity contribution in [2.45, 2.75) is 33.3 Å². The van der Waals surface area contributed by atoms with Crippen LogP contribution in [0.15, 0.2) is 6.20 Å². The van der Waals surface area contributed by atoms with E-state index in [1.165, 1.54) is 0 Å². The van der Waals surface area contributed by atoms with E-state index in [2.05, 4.69) is 19.8 Å². The fourth-order valence-electron chi connectivity index (χ4n) is 2.36. The minimum absolute atomic E-state index is 0.623. The molecule has 19 heavy (non-hydrogen) atoms. The van der Waals surface area contributed by atoms with Gasteiger partial charge >= 0.3 is 0 Å². The lowest BCUT2D eigenvalue weighted by atomic mass is 10.1. The maximum Gasteiger partial charge on any atom is 0.147 e. The number of aromatic nitrogens is 2. The number of anilines is 1. The molecule has 0 saturated carbocycles. The van der Waals surface area contributed by atoms with Gasteiger partial charge in [-0.05, 0) is 27.7 Å². The number of aliphatic hydroxyl groups is 1. The maximum absolute atomic E-state index is 9.84. The highest BCUT2D eigenvalue weighted by Crippen LogP contribution is 2.15. The molecule has 0 aliphatic carbocycles. The van der Waals surface area contributed by atoms with Crippen LogP contribution in [0.25, 0.3) is 0 Å². The predicted molar refractivity (Wildman–Crippen MR) is 76.5 cm³/mol. The second kappa shape index (κ2) is 5.43. The molecule has 0 unspecified atom stereocenters. The van der Waals surface area contributed by atoms with Gasteiger partial charge in [-0.15, -0.1) is 0 Å². The Balaban J connectivity index is 1.94. The van der Waals surface area contributed by atoms with Crippen LogP contribution in [0.5, 0.6) is 0 Å². The van der Waals surface area contributed by atoms with Crippen molar-refractivity contribution >= 4 is 5.82 Å². The van der Waals surface area contributed by atoms with Crippen LogP contribution in [-0.4, -0.2) is 58.3 Å². The van der Waals surface area contributed by atoms with Gasteiger partial charge < -0.3 is 10.0 Å². The maximum atomic E-state index is 9.84. The third kappa shape index (κ3) is 3.88. The summed E-state index contributed by atoms with van der Waals surface area (Å²) in [4.78, 5) is 13.5. The quantitative estimate of drug-likeness (QED) is 0.882. The Morgan fingerprint density at radius 3 is 2.32 bits per heavy atom. The summed E-state index contributed by atoms with van der Waals surface area (Å²) in [6, 6.07) is 0. The lowest BCUT2D eigenvalue weighted by molar-refractivity contribution is 0.0344. The van der Waals surface area contributed by atoms with E-state index in [-0.39, 0.29) is 0 Å². The molecule has 5 nitrogen and oxygen atoms in total. The van der Waals surface area contributed by atoms with Crippen molar-refractivity contribution in [2.75, 3.05) is 37.6 Å². The molecule has 2 heterocycles. The van der Waals surface area contributed by atoms with Crippen LogP contribution in [0.3, 0.4) is 0 Å². The van der Waals surface area contributed by atoms with Crippen LogP contribution in [-0.2, 0) is 0 Å². The topological polar surface area (TPSA) is 52.5 Å². The normalized spacial score (nSPS) is 17.8. The smallest absolute Gasteiger partial charge is 0.147 e. The summed E-state index contributed by atoms with van der Waals surface area (Å²) < 4.78 is 0. The summed E-state index contributed by atoms with van der Waals surface area (Å²) in [7, 11) is 0.